The topological polar surface area (TPSA) is 17.1 Å². The normalized spacial score (nSPS) is 13.8. The molecule has 53 valence electrons. The fourth-order valence-corrected chi connectivity index (χ4v) is 0.867. The van der Waals surface area contributed by atoms with Gasteiger partial charge in [-0.3, -0.25) is 4.79 Å². The molecule has 0 spiro atoms. The first-order chi connectivity index (χ1) is 4.20. The minimum absolute atomic E-state index is 0.171. The van der Waals surface area contributed by atoms with Gasteiger partial charge in [0.15, 0.2) is 0 Å². The summed E-state index contributed by atoms with van der Waals surface area (Å²) in [5.74, 6) is 0.793. The molecular formula is C8H15O. The van der Waals surface area contributed by atoms with Crippen molar-refractivity contribution >= 4 is 6.29 Å². The molecule has 0 bridgehead atoms. The summed E-state index contributed by atoms with van der Waals surface area (Å²) in [6.07, 6.45) is 3.95. The Morgan fingerprint density at radius 3 is 2.11 bits per heavy atom. The third kappa shape index (κ3) is 4.19. The van der Waals surface area contributed by atoms with E-state index in [2.05, 4.69) is 13.8 Å². The minimum atomic E-state index is 0.171. The Morgan fingerprint density at radius 1 is 1.44 bits per heavy atom. The second-order valence-electron chi connectivity index (χ2n) is 2.85. The number of rotatable bonds is 4. The Morgan fingerprint density at radius 2 is 2.00 bits per heavy atom. The second-order valence-corrected chi connectivity index (χ2v) is 2.85. The van der Waals surface area contributed by atoms with Crippen LogP contribution in [0.25, 0.3) is 0 Å². The average molecular weight is 127 g/mol. The Bertz CT molecular complexity index is 76.6. The van der Waals surface area contributed by atoms with E-state index < -0.39 is 0 Å². The Balaban J connectivity index is 3.42. The quantitative estimate of drug-likeness (QED) is 0.565. The van der Waals surface area contributed by atoms with Crippen LogP contribution in [0.15, 0.2) is 0 Å². The molecule has 1 heteroatoms. The molecule has 0 saturated heterocycles. The van der Waals surface area contributed by atoms with Crippen LogP contribution in [0.1, 0.15) is 33.6 Å². The van der Waals surface area contributed by atoms with Gasteiger partial charge in [-0.15, -0.1) is 0 Å². The van der Waals surface area contributed by atoms with E-state index >= 15 is 0 Å². The molecule has 0 aromatic heterocycles. The Labute approximate surface area is 57.5 Å². The van der Waals surface area contributed by atoms with Crippen LogP contribution in [-0.2, 0) is 4.79 Å². The maximum Gasteiger partial charge on any atom is 0.201 e. The fraction of sp³-hybridized carbons (Fsp3) is 0.875. The predicted molar refractivity (Wildman–Crippen MR) is 38.9 cm³/mol. The van der Waals surface area contributed by atoms with Gasteiger partial charge in [0.2, 0.25) is 6.29 Å². The molecule has 0 amide bonds. The zero-order valence-electron chi connectivity index (χ0n) is 6.48. The molecule has 0 fully saturated rings. The van der Waals surface area contributed by atoms with Gasteiger partial charge < -0.3 is 0 Å². The summed E-state index contributed by atoms with van der Waals surface area (Å²) in [5.41, 5.74) is 0. The molecule has 0 saturated carbocycles. The molecule has 1 unspecified atom stereocenters. The summed E-state index contributed by atoms with van der Waals surface area (Å²) in [6, 6.07) is 0. The molecule has 1 radical (unpaired) electrons. The molecule has 1 atom stereocenters. The van der Waals surface area contributed by atoms with E-state index in [0.717, 1.165) is 12.8 Å². The van der Waals surface area contributed by atoms with Crippen LogP contribution in [-0.4, -0.2) is 6.29 Å². The van der Waals surface area contributed by atoms with Crippen molar-refractivity contribution in [3.63, 3.8) is 0 Å². The lowest BCUT2D eigenvalue weighted by molar-refractivity contribution is 0.449. The molecule has 0 aromatic rings. The fourth-order valence-electron chi connectivity index (χ4n) is 0.867. The van der Waals surface area contributed by atoms with Crippen LogP contribution in [0.2, 0.25) is 0 Å². The maximum absolute atomic E-state index is 10.1. The zero-order valence-corrected chi connectivity index (χ0v) is 6.48. The van der Waals surface area contributed by atoms with Crippen LogP contribution >= 0.6 is 0 Å². The number of hydrogen-bond acceptors (Lipinski definition) is 1. The molecule has 9 heavy (non-hydrogen) atoms. The van der Waals surface area contributed by atoms with Crippen LogP contribution < -0.4 is 0 Å². The van der Waals surface area contributed by atoms with E-state index in [0.29, 0.717) is 5.92 Å². The first-order valence-electron chi connectivity index (χ1n) is 3.58. The third-order valence-corrected chi connectivity index (χ3v) is 1.42. The van der Waals surface area contributed by atoms with Crippen molar-refractivity contribution in [1.29, 1.82) is 0 Å². The van der Waals surface area contributed by atoms with Gasteiger partial charge in [0.05, 0.1) is 0 Å². The summed E-state index contributed by atoms with van der Waals surface area (Å²) in [5, 5.41) is 0. The van der Waals surface area contributed by atoms with Gasteiger partial charge in [-0.1, -0.05) is 20.8 Å². The summed E-state index contributed by atoms with van der Waals surface area (Å²) in [4.78, 5) is 10.1. The van der Waals surface area contributed by atoms with E-state index in [-0.39, 0.29) is 5.92 Å². The van der Waals surface area contributed by atoms with Crippen LogP contribution in [0.3, 0.4) is 0 Å². The Hall–Kier alpha value is -0.330. The van der Waals surface area contributed by atoms with E-state index in [1.54, 1.807) is 0 Å². The largest absolute Gasteiger partial charge is 0.291 e. The molecular weight excluding hydrogens is 112 g/mol. The third-order valence-electron chi connectivity index (χ3n) is 1.42. The lowest BCUT2D eigenvalue weighted by Crippen LogP contribution is -2.03. The highest BCUT2D eigenvalue weighted by molar-refractivity contribution is 5.54. The van der Waals surface area contributed by atoms with E-state index in [9.17, 15) is 4.79 Å². The highest BCUT2D eigenvalue weighted by atomic mass is 16.1. The standard InChI is InChI=1S/C8H15O/c1-4-8(6-9)5-7(2)3/h7-8H,4-5H2,1-3H3. The summed E-state index contributed by atoms with van der Waals surface area (Å²) >= 11 is 0. The molecule has 0 aliphatic heterocycles. The molecule has 1 nitrogen and oxygen atoms in total. The molecule has 0 N–H and O–H groups in total. The van der Waals surface area contributed by atoms with E-state index in [1.807, 2.05) is 13.2 Å². The lowest BCUT2D eigenvalue weighted by atomic mass is 9.96. The van der Waals surface area contributed by atoms with Gasteiger partial charge in [-0.2, -0.15) is 0 Å². The predicted octanol–water partition coefficient (Wildman–Crippen LogP) is 2.17. The van der Waals surface area contributed by atoms with Crippen molar-refractivity contribution in [2.24, 2.45) is 11.8 Å². The van der Waals surface area contributed by atoms with Crippen molar-refractivity contribution < 1.29 is 4.79 Å². The van der Waals surface area contributed by atoms with Gasteiger partial charge in [0.25, 0.3) is 0 Å². The smallest absolute Gasteiger partial charge is 0.201 e. The van der Waals surface area contributed by atoms with Crippen molar-refractivity contribution in [2.45, 2.75) is 33.6 Å². The van der Waals surface area contributed by atoms with Gasteiger partial charge in [0.1, 0.15) is 0 Å². The molecule has 0 aromatic carbocycles. The Kier molecular flexibility index (Phi) is 4.37. The first kappa shape index (κ1) is 8.67. The second kappa shape index (κ2) is 4.54. The average Bonchev–Trinajstić information content (AvgIpc) is 1.82. The first-order valence-corrected chi connectivity index (χ1v) is 3.58. The number of hydrogen-bond donors (Lipinski definition) is 0. The van der Waals surface area contributed by atoms with Gasteiger partial charge in [0, 0.05) is 5.92 Å². The van der Waals surface area contributed by atoms with E-state index in [4.69, 9.17) is 0 Å². The molecule has 0 aliphatic carbocycles. The minimum Gasteiger partial charge on any atom is -0.291 e. The monoisotopic (exact) mass is 127 g/mol. The van der Waals surface area contributed by atoms with Crippen LogP contribution in [0.5, 0.6) is 0 Å². The lowest BCUT2D eigenvalue weighted by Gasteiger charge is -2.07. The zero-order chi connectivity index (χ0) is 7.28. The summed E-state index contributed by atoms with van der Waals surface area (Å²) in [7, 11) is 0. The van der Waals surface area contributed by atoms with Gasteiger partial charge in [-0.05, 0) is 18.8 Å². The SMILES string of the molecule is CCC([C]=O)CC(C)C. The van der Waals surface area contributed by atoms with Crippen LogP contribution in [0, 0.1) is 11.8 Å². The van der Waals surface area contributed by atoms with Crippen molar-refractivity contribution in [1.82, 2.24) is 0 Å². The van der Waals surface area contributed by atoms with Crippen molar-refractivity contribution in [3.8, 4) is 0 Å². The summed E-state index contributed by atoms with van der Waals surface area (Å²) < 4.78 is 0. The molecule has 0 heterocycles. The number of carbonyl (C=O) groups excluding carboxylic acids is 1. The van der Waals surface area contributed by atoms with Gasteiger partial charge >= 0.3 is 0 Å². The van der Waals surface area contributed by atoms with E-state index in [1.165, 1.54) is 0 Å². The maximum atomic E-state index is 10.1. The van der Waals surface area contributed by atoms with Crippen molar-refractivity contribution in [3.05, 3.63) is 0 Å². The molecule has 0 rings (SSSR count). The highest BCUT2D eigenvalue weighted by Gasteiger charge is 2.06. The highest BCUT2D eigenvalue weighted by Crippen LogP contribution is 2.11. The van der Waals surface area contributed by atoms with Gasteiger partial charge in [-0.25, -0.2) is 0 Å². The summed E-state index contributed by atoms with van der Waals surface area (Å²) in [6.45, 7) is 6.28. The van der Waals surface area contributed by atoms with Crippen LogP contribution in [0.4, 0.5) is 0 Å². The molecule has 0 aliphatic rings. The van der Waals surface area contributed by atoms with Crippen molar-refractivity contribution in [2.75, 3.05) is 0 Å².